The molecule has 4 rings (SSSR count). The number of aromatic nitrogens is 2. The first kappa shape index (κ1) is 17.0. The Labute approximate surface area is 151 Å². The van der Waals surface area contributed by atoms with Crippen LogP contribution in [0.2, 0.25) is 0 Å². The number of anilines is 1. The molecule has 1 atom stereocenters. The molecule has 1 saturated heterocycles. The number of benzene rings is 1. The zero-order valence-electron chi connectivity index (χ0n) is 14.8. The maximum atomic E-state index is 14.2. The van der Waals surface area contributed by atoms with E-state index in [9.17, 15) is 4.39 Å². The van der Waals surface area contributed by atoms with Gasteiger partial charge in [0.05, 0.1) is 33.1 Å². The molecule has 26 heavy (non-hydrogen) atoms. The Hall–Kier alpha value is -2.41. The second-order valence-electron chi connectivity index (χ2n) is 6.62. The Bertz CT molecular complexity index is 781. The summed E-state index contributed by atoms with van der Waals surface area (Å²) in [6.07, 6.45) is 2.81. The van der Waals surface area contributed by atoms with Gasteiger partial charge in [-0.25, -0.2) is 14.4 Å². The minimum Gasteiger partial charge on any atom is -0.497 e. The summed E-state index contributed by atoms with van der Waals surface area (Å²) in [4.78, 5) is 10.6. The monoisotopic (exact) mass is 359 g/mol. The highest BCUT2D eigenvalue weighted by molar-refractivity contribution is 5.42. The van der Waals surface area contributed by atoms with Crippen molar-refractivity contribution < 1.29 is 18.6 Å². The summed E-state index contributed by atoms with van der Waals surface area (Å²) in [5.41, 5.74) is 1.15. The predicted molar refractivity (Wildman–Crippen MR) is 94.4 cm³/mol. The lowest BCUT2D eigenvalue weighted by molar-refractivity contribution is 0.122. The molecule has 0 N–H and O–H groups in total. The van der Waals surface area contributed by atoms with Gasteiger partial charge >= 0.3 is 0 Å². The molecule has 2 aliphatic heterocycles. The Morgan fingerprint density at radius 2 is 2.15 bits per heavy atom. The van der Waals surface area contributed by atoms with Crippen molar-refractivity contribution in [2.75, 3.05) is 44.9 Å². The Morgan fingerprint density at radius 3 is 2.96 bits per heavy atom. The first-order chi connectivity index (χ1) is 12.7. The number of methoxy groups -OCH3 is 1. The highest BCUT2D eigenvalue weighted by Crippen LogP contribution is 2.32. The fourth-order valence-electron chi connectivity index (χ4n) is 3.42. The van der Waals surface area contributed by atoms with Gasteiger partial charge in [0, 0.05) is 31.5 Å². The topological polar surface area (TPSA) is 56.7 Å². The lowest BCUT2D eigenvalue weighted by Gasteiger charge is -2.28. The van der Waals surface area contributed by atoms with Gasteiger partial charge in [-0.05, 0) is 18.1 Å². The number of hydrogen-bond acceptors (Lipinski definition) is 6. The molecule has 1 unspecified atom stereocenters. The van der Waals surface area contributed by atoms with Crippen LogP contribution in [0.5, 0.6) is 11.5 Å². The van der Waals surface area contributed by atoms with Gasteiger partial charge in [0.1, 0.15) is 17.3 Å². The highest BCUT2D eigenvalue weighted by Gasteiger charge is 2.23. The molecule has 7 heteroatoms. The summed E-state index contributed by atoms with van der Waals surface area (Å²) in [6, 6.07) is 5.89. The number of nitrogens with zero attached hydrogens (tertiary/aromatic N) is 3. The normalized spacial score (nSPS) is 19.6. The zero-order valence-corrected chi connectivity index (χ0v) is 14.8. The van der Waals surface area contributed by atoms with Gasteiger partial charge < -0.3 is 19.1 Å². The van der Waals surface area contributed by atoms with Crippen molar-refractivity contribution in [2.45, 2.75) is 12.8 Å². The first-order valence-corrected chi connectivity index (χ1v) is 8.87. The van der Waals surface area contributed by atoms with E-state index < -0.39 is 0 Å². The number of hydrogen-bond donors (Lipinski definition) is 0. The van der Waals surface area contributed by atoms with E-state index in [0.717, 1.165) is 23.5 Å². The van der Waals surface area contributed by atoms with E-state index in [1.165, 1.54) is 6.20 Å². The molecular weight excluding hydrogens is 337 g/mol. The van der Waals surface area contributed by atoms with Crippen molar-refractivity contribution in [3.63, 3.8) is 0 Å². The number of halogens is 1. The maximum Gasteiger partial charge on any atom is 0.183 e. The van der Waals surface area contributed by atoms with Crippen LogP contribution in [0.4, 0.5) is 10.2 Å². The van der Waals surface area contributed by atoms with Crippen LogP contribution in [-0.2, 0) is 17.6 Å². The quantitative estimate of drug-likeness (QED) is 0.835. The summed E-state index contributed by atoms with van der Waals surface area (Å²) in [5.74, 6) is 2.57. The molecule has 138 valence electrons. The van der Waals surface area contributed by atoms with E-state index >= 15 is 0 Å². The first-order valence-electron chi connectivity index (χ1n) is 8.87. The lowest BCUT2D eigenvalue weighted by atomic mass is 9.93. The lowest BCUT2D eigenvalue weighted by Crippen LogP contribution is -2.37. The maximum absolute atomic E-state index is 14.2. The molecule has 1 aromatic heterocycles. The van der Waals surface area contributed by atoms with E-state index in [-0.39, 0.29) is 11.7 Å². The molecular formula is C19H22FN3O3. The Kier molecular flexibility index (Phi) is 4.88. The molecule has 2 aliphatic rings. The number of ether oxygens (including phenoxy) is 3. The second kappa shape index (κ2) is 7.45. The molecule has 1 aromatic carbocycles. The minimum absolute atomic E-state index is 0.263. The summed E-state index contributed by atoms with van der Waals surface area (Å²) < 4.78 is 30.6. The van der Waals surface area contributed by atoms with Crippen LogP contribution in [0.25, 0.3) is 0 Å². The highest BCUT2D eigenvalue weighted by atomic mass is 19.1. The average Bonchev–Trinajstić information content (AvgIpc) is 2.69. The van der Waals surface area contributed by atoms with Crippen LogP contribution >= 0.6 is 0 Å². The zero-order chi connectivity index (χ0) is 17.9. The smallest absolute Gasteiger partial charge is 0.183 e. The van der Waals surface area contributed by atoms with Crippen molar-refractivity contribution in [2.24, 2.45) is 5.92 Å². The third-order valence-electron chi connectivity index (χ3n) is 4.81. The molecule has 0 amide bonds. The largest absolute Gasteiger partial charge is 0.497 e. The van der Waals surface area contributed by atoms with E-state index in [0.29, 0.717) is 51.0 Å². The van der Waals surface area contributed by atoms with E-state index in [2.05, 4.69) is 9.97 Å². The van der Waals surface area contributed by atoms with E-state index in [1.807, 2.05) is 23.1 Å². The molecule has 2 aromatic rings. The number of rotatable bonds is 4. The fraction of sp³-hybridized carbons (Fsp3) is 0.474. The van der Waals surface area contributed by atoms with Crippen LogP contribution in [0.15, 0.2) is 24.4 Å². The van der Waals surface area contributed by atoms with Crippen LogP contribution < -0.4 is 14.4 Å². The third kappa shape index (κ3) is 3.58. The third-order valence-corrected chi connectivity index (χ3v) is 4.81. The molecule has 0 saturated carbocycles. The summed E-state index contributed by atoms with van der Waals surface area (Å²) in [6.45, 7) is 3.07. The van der Waals surface area contributed by atoms with Crippen molar-refractivity contribution >= 4 is 5.82 Å². The SMILES string of the molecule is COc1ccc2c(c1)OCC(Cc1ncc(F)c(N3CCOCC3)n1)C2. The molecule has 0 spiro atoms. The van der Waals surface area contributed by atoms with Crippen LogP contribution in [-0.4, -0.2) is 50.0 Å². The summed E-state index contributed by atoms with van der Waals surface area (Å²) >= 11 is 0. The van der Waals surface area contributed by atoms with Crippen molar-refractivity contribution in [1.29, 1.82) is 0 Å². The van der Waals surface area contributed by atoms with E-state index in [1.54, 1.807) is 7.11 Å². The number of morpholine rings is 1. The van der Waals surface area contributed by atoms with Gasteiger partial charge in [-0.1, -0.05) is 6.07 Å². The van der Waals surface area contributed by atoms with Gasteiger partial charge in [-0.2, -0.15) is 0 Å². The van der Waals surface area contributed by atoms with Gasteiger partial charge in [0.2, 0.25) is 0 Å². The predicted octanol–water partition coefficient (Wildman–Crippen LogP) is 2.25. The van der Waals surface area contributed by atoms with Gasteiger partial charge in [-0.15, -0.1) is 0 Å². The number of fused-ring (bicyclic) bond motifs is 1. The Morgan fingerprint density at radius 1 is 1.31 bits per heavy atom. The summed E-state index contributed by atoms with van der Waals surface area (Å²) in [5, 5.41) is 0. The van der Waals surface area contributed by atoms with Gasteiger partial charge in [0.15, 0.2) is 11.6 Å². The molecule has 0 radical (unpaired) electrons. The Balaban J connectivity index is 1.47. The fourth-order valence-corrected chi connectivity index (χ4v) is 3.42. The van der Waals surface area contributed by atoms with Gasteiger partial charge in [0.25, 0.3) is 0 Å². The minimum atomic E-state index is -0.381. The molecule has 0 aliphatic carbocycles. The van der Waals surface area contributed by atoms with E-state index in [4.69, 9.17) is 14.2 Å². The second-order valence-corrected chi connectivity index (χ2v) is 6.62. The van der Waals surface area contributed by atoms with Crippen molar-refractivity contribution in [1.82, 2.24) is 9.97 Å². The van der Waals surface area contributed by atoms with Crippen LogP contribution in [0, 0.1) is 11.7 Å². The molecule has 6 nitrogen and oxygen atoms in total. The molecule has 0 bridgehead atoms. The van der Waals surface area contributed by atoms with Crippen LogP contribution in [0.3, 0.4) is 0 Å². The standard InChI is InChI=1S/C19H22FN3O3/c1-24-15-3-2-14-8-13(12-26-17(14)10-15)9-18-21-11-16(20)19(22-18)23-4-6-25-7-5-23/h2-3,10-11,13H,4-9,12H2,1H3. The van der Waals surface area contributed by atoms with Crippen molar-refractivity contribution in [3.05, 3.63) is 41.6 Å². The van der Waals surface area contributed by atoms with Gasteiger partial charge in [-0.3, -0.25) is 0 Å². The van der Waals surface area contributed by atoms with Crippen molar-refractivity contribution in [3.8, 4) is 11.5 Å². The molecule has 1 fully saturated rings. The average molecular weight is 359 g/mol. The van der Waals surface area contributed by atoms with Crippen LogP contribution in [0.1, 0.15) is 11.4 Å². The molecule has 3 heterocycles. The summed E-state index contributed by atoms with van der Waals surface area (Å²) in [7, 11) is 1.64.